The third-order valence-corrected chi connectivity index (χ3v) is 3.46. The van der Waals surface area contributed by atoms with Crippen molar-refractivity contribution in [1.82, 2.24) is 4.98 Å². The van der Waals surface area contributed by atoms with E-state index in [2.05, 4.69) is 4.98 Å². The predicted octanol–water partition coefficient (Wildman–Crippen LogP) is 0.443. The smallest absolute Gasteiger partial charge is 0.423 e. The van der Waals surface area contributed by atoms with Crippen LogP contribution in [0.3, 0.4) is 0 Å². The molecule has 0 fully saturated rings. The van der Waals surface area contributed by atoms with E-state index in [1.807, 2.05) is 24.3 Å². The summed E-state index contributed by atoms with van der Waals surface area (Å²) < 4.78 is 0. The van der Waals surface area contributed by atoms with E-state index in [1.54, 1.807) is 40.0 Å². The molecule has 0 saturated carbocycles. The molecule has 1 heterocycles. The average Bonchev–Trinajstić information content (AvgIpc) is 2.36. The van der Waals surface area contributed by atoms with Gasteiger partial charge in [0.15, 0.2) is 0 Å². The third-order valence-electron chi connectivity index (χ3n) is 3.46. The van der Waals surface area contributed by atoms with Crippen LogP contribution in [0.1, 0.15) is 27.7 Å². The molecule has 1 aromatic heterocycles. The van der Waals surface area contributed by atoms with Gasteiger partial charge in [0.2, 0.25) is 0 Å². The summed E-state index contributed by atoms with van der Waals surface area (Å²) in [5, 5.41) is 37.1. The zero-order chi connectivity index (χ0) is 16.3. The van der Waals surface area contributed by atoms with Gasteiger partial charge in [0.1, 0.15) is 0 Å². The highest BCUT2D eigenvalue weighted by Crippen LogP contribution is 2.19. The van der Waals surface area contributed by atoms with Gasteiger partial charge in [0.25, 0.3) is 0 Å². The maximum atomic E-state index is 9.10. The molecule has 0 aliphatic carbocycles. The standard InChI is InChI=1S/C9H8BNO2.C6H14O2/c12-10(13)8-5-6-11-9-4-2-1-3-7(8)9;1-5(2,7)6(3,4)8/h1-6,12-13H;7-8H,1-4H3. The molecule has 0 aliphatic heterocycles. The van der Waals surface area contributed by atoms with Crippen molar-refractivity contribution in [3.05, 3.63) is 36.5 Å². The highest BCUT2D eigenvalue weighted by atomic mass is 16.4. The van der Waals surface area contributed by atoms with Gasteiger partial charge < -0.3 is 20.3 Å². The molecule has 0 radical (unpaired) electrons. The number of hydrogen-bond donors (Lipinski definition) is 4. The fourth-order valence-electron chi connectivity index (χ4n) is 1.34. The van der Waals surface area contributed by atoms with Crippen LogP contribution in [-0.2, 0) is 0 Å². The quantitative estimate of drug-likeness (QED) is 0.603. The molecule has 1 aromatic carbocycles. The Bertz CT molecular complexity index is 571. The van der Waals surface area contributed by atoms with Crippen molar-refractivity contribution in [2.75, 3.05) is 0 Å². The lowest BCUT2D eigenvalue weighted by molar-refractivity contribution is -0.107. The first-order chi connectivity index (χ1) is 9.54. The Labute approximate surface area is 125 Å². The van der Waals surface area contributed by atoms with E-state index >= 15 is 0 Å². The van der Waals surface area contributed by atoms with Crippen molar-refractivity contribution in [2.24, 2.45) is 0 Å². The fraction of sp³-hybridized carbons (Fsp3) is 0.400. The van der Waals surface area contributed by atoms with Gasteiger partial charge in [-0.05, 0) is 50.7 Å². The summed E-state index contributed by atoms with van der Waals surface area (Å²) in [7, 11) is -1.44. The molecule has 0 saturated heterocycles. The summed E-state index contributed by atoms with van der Waals surface area (Å²) in [5.74, 6) is 0. The van der Waals surface area contributed by atoms with Gasteiger partial charge in [-0.1, -0.05) is 18.2 Å². The molecule has 114 valence electrons. The first kappa shape index (κ1) is 17.6. The number of pyridine rings is 1. The second-order valence-electron chi connectivity index (χ2n) is 5.91. The van der Waals surface area contributed by atoms with Crippen LogP contribution in [0.15, 0.2) is 36.5 Å². The van der Waals surface area contributed by atoms with Gasteiger partial charge in [-0.25, -0.2) is 0 Å². The lowest BCUT2D eigenvalue weighted by Gasteiger charge is -2.31. The van der Waals surface area contributed by atoms with Gasteiger partial charge in [0, 0.05) is 6.20 Å². The minimum atomic E-state index is -1.44. The molecule has 0 bridgehead atoms. The molecule has 2 aromatic rings. The summed E-state index contributed by atoms with van der Waals surface area (Å²) in [6.45, 7) is 6.31. The molecule has 0 amide bonds. The zero-order valence-electron chi connectivity index (χ0n) is 12.8. The molecule has 5 nitrogen and oxygen atoms in total. The Balaban J connectivity index is 0.000000240. The summed E-state index contributed by atoms with van der Waals surface area (Å²) >= 11 is 0. The lowest BCUT2D eigenvalue weighted by Crippen LogP contribution is -2.44. The second kappa shape index (κ2) is 6.53. The SMILES string of the molecule is CC(C)(O)C(C)(C)O.OB(O)c1ccnc2ccccc12. The van der Waals surface area contributed by atoms with Crippen LogP contribution >= 0.6 is 0 Å². The van der Waals surface area contributed by atoms with Crippen molar-refractivity contribution in [3.63, 3.8) is 0 Å². The van der Waals surface area contributed by atoms with Gasteiger partial charge in [-0.2, -0.15) is 0 Å². The minimum absolute atomic E-state index is 0.491. The van der Waals surface area contributed by atoms with Crippen molar-refractivity contribution in [3.8, 4) is 0 Å². The van der Waals surface area contributed by atoms with Crippen LogP contribution in [0.4, 0.5) is 0 Å². The van der Waals surface area contributed by atoms with Gasteiger partial charge in [-0.3, -0.25) is 4.98 Å². The molecule has 21 heavy (non-hydrogen) atoms. The molecular weight excluding hydrogens is 269 g/mol. The number of nitrogens with zero attached hydrogens (tertiary/aromatic N) is 1. The molecule has 4 N–H and O–H groups in total. The third kappa shape index (κ3) is 4.79. The van der Waals surface area contributed by atoms with E-state index in [0.29, 0.717) is 5.46 Å². The Hall–Kier alpha value is -1.47. The van der Waals surface area contributed by atoms with Gasteiger partial charge in [-0.15, -0.1) is 0 Å². The van der Waals surface area contributed by atoms with E-state index in [4.69, 9.17) is 20.3 Å². The number of aliphatic hydroxyl groups is 2. The van der Waals surface area contributed by atoms with E-state index in [1.165, 1.54) is 0 Å². The molecule has 0 spiro atoms. The van der Waals surface area contributed by atoms with Crippen LogP contribution < -0.4 is 5.46 Å². The van der Waals surface area contributed by atoms with Crippen molar-refractivity contribution in [1.29, 1.82) is 0 Å². The minimum Gasteiger partial charge on any atom is -0.423 e. The highest BCUT2D eigenvalue weighted by Gasteiger charge is 2.31. The highest BCUT2D eigenvalue weighted by molar-refractivity contribution is 6.61. The van der Waals surface area contributed by atoms with Crippen LogP contribution in [0.2, 0.25) is 0 Å². The van der Waals surface area contributed by atoms with Crippen LogP contribution in [-0.4, -0.2) is 43.6 Å². The maximum absolute atomic E-state index is 9.10. The van der Waals surface area contributed by atoms with Crippen LogP contribution in [0.25, 0.3) is 10.9 Å². The number of para-hydroxylation sites is 1. The average molecular weight is 291 g/mol. The second-order valence-corrected chi connectivity index (χ2v) is 5.91. The number of rotatable bonds is 2. The largest absolute Gasteiger partial charge is 0.489 e. The lowest BCUT2D eigenvalue weighted by atomic mass is 9.78. The van der Waals surface area contributed by atoms with E-state index in [-0.39, 0.29) is 0 Å². The number of benzene rings is 1. The molecule has 0 unspecified atom stereocenters. The first-order valence-corrected chi connectivity index (χ1v) is 6.68. The van der Waals surface area contributed by atoms with E-state index < -0.39 is 18.3 Å². The van der Waals surface area contributed by atoms with Crippen molar-refractivity contribution >= 4 is 23.5 Å². The number of aromatic nitrogens is 1. The fourth-order valence-corrected chi connectivity index (χ4v) is 1.34. The van der Waals surface area contributed by atoms with Crippen molar-refractivity contribution < 1.29 is 20.3 Å². The molecule has 6 heteroatoms. The number of fused-ring (bicyclic) bond motifs is 1. The Kier molecular flexibility index (Phi) is 5.47. The summed E-state index contributed by atoms with van der Waals surface area (Å²) in [5.41, 5.74) is -0.751. The molecule has 0 aliphatic rings. The Morgan fingerprint density at radius 3 is 1.90 bits per heavy atom. The van der Waals surface area contributed by atoms with Crippen molar-refractivity contribution in [2.45, 2.75) is 38.9 Å². The number of hydrogen-bond acceptors (Lipinski definition) is 5. The monoisotopic (exact) mass is 291 g/mol. The zero-order valence-corrected chi connectivity index (χ0v) is 12.8. The molecule has 0 atom stereocenters. The Morgan fingerprint density at radius 2 is 1.43 bits per heavy atom. The van der Waals surface area contributed by atoms with Crippen LogP contribution in [0, 0.1) is 0 Å². The Morgan fingerprint density at radius 1 is 0.905 bits per heavy atom. The summed E-state index contributed by atoms with van der Waals surface area (Å²) in [4.78, 5) is 4.10. The van der Waals surface area contributed by atoms with Gasteiger partial charge in [0.05, 0.1) is 16.7 Å². The first-order valence-electron chi connectivity index (χ1n) is 6.68. The normalized spacial score (nSPS) is 11.8. The topological polar surface area (TPSA) is 93.8 Å². The summed E-state index contributed by atoms with van der Waals surface area (Å²) in [6, 6.07) is 8.96. The summed E-state index contributed by atoms with van der Waals surface area (Å²) in [6.07, 6.45) is 1.57. The predicted molar refractivity (Wildman–Crippen MR) is 84.2 cm³/mol. The molecular formula is C15H22BNO4. The maximum Gasteiger partial charge on any atom is 0.489 e. The molecule has 2 rings (SSSR count). The van der Waals surface area contributed by atoms with Gasteiger partial charge >= 0.3 is 7.12 Å². The van der Waals surface area contributed by atoms with E-state index in [0.717, 1.165) is 10.9 Å². The van der Waals surface area contributed by atoms with Crippen LogP contribution in [0.5, 0.6) is 0 Å². The van der Waals surface area contributed by atoms with E-state index in [9.17, 15) is 0 Å².